The molecule has 140 valence electrons. The molecule has 1 heterocycles. The molecule has 4 rings (SSSR count). The molecule has 3 aromatic rings. The summed E-state index contributed by atoms with van der Waals surface area (Å²) in [5, 5.41) is 5.57. The fraction of sp³-hybridized carbons (Fsp3) is 0.0476. The number of rotatable bonds is 4. The highest BCUT2D eigenvalue weighted by molar-refractivity contribution is 8.00. The Morgan fingerprint density at radius 1 is 1.04 bits per heavy atom. The maximum Gasteiger partial charge on any atom is 0.259 e. The van der Waals surface area contributed by atoms with E-state index >= 15 is 0 Å². The molecule has 2 amide bonds. The zero-order valence-corrected chi connectivity index (χ0v) is 15.4. The van der Waals surface area contributed by atoms with Crippen molar-refractivity contribution < 1.29 is 18.7 Å². The summed E-state index contributed by atoms with van der Waals surface area (Å²) in [4.78, 5) is 25.5. The molecule has 3 aromatic carbocycles. The van der Waals surface area contributed by atoms with Crippen LogP contribution in [-0.4, -0.2) is 17.6 Å². The van der Waals surface area contributed by atoms with Crippen LogP contribution in [0, 0.1) is 5.82 Å². The lowest BCUT2D eigenvalue weighted by Crippen LogP contribution is -2.15. The van der Waals surface area contributed by atoms with Crippen LogP contribution in [0.4, 0.5) is 15.8 Å². The van der Waals surface area contributed by atoms with Crippen LogP contribution >= 0.6 is 11.8 Å². The van der Waals surface area contributed by atoms with E-state index in [0.29, 0.717) is 28.4 Å². The molecule has 0 saturated carbocycles. The van der Waals surface area contributed by atoms with Crippen molar-refractivity contribution in [2.45, 2.75) is 4.90 Å². The fourth-order valence-corrected chi connectivity index (χ4v) is 3.42. The topological polar surface area (TPSA) is 67.4 Å². The van der Waals surface area contributed by atoms with E-state index in [9.17, 15) is 14.0 Å². The average molecular weight is 394 g/mol. The minimum atomic E-state index is -0.318. The quantitative estimate of drug-likeness (QED) is 0.617. The lowest BCUT2D eigenvalue weighted by atomic mass is 10.1. The molecule has 0 aromatic heterocycles. The minimum absolute atomic E-state index is 0.164. The number of anilines is 2. The van der Waals surface area contributed by atoms with Crippen molar-refractivity contribution in [3.8, 4) is 11.5 Å². The number of hydrogen-bond acceptors (Lipinski definition) is 4. The first-order valence-electron chi connectivity index (χ1n) is 8.49. The van der Waals surface area contributed by atoms with Gasteiger partial charge in [-0.2, -0.15) is 0 Å². The second-order valence-electron chi connectivity index (χ2n) is 6.05. The number of carbonyl (C=O) groups is 2. The summed E-state index contributed by atoms with van der Waals surface area (Å²) in [5.41, 5.74) is 1.42. The van der Waals surface area contributed by atoms with E-state index in [2.05, 4.69) is 10.6 Å². The van der Waals surface area contributed by atoms with Crippen molar-refractivity contribution in [2.75, 3.05) is 16.4 Å². The van der Waals surface area contributed by atoms with Gasteiger partial charge < -0.3 is 15.4 Å². The monoisotopic (exact) mass is 394 g/mol. The van der Waals surface area contributed by atoms with E-state index in [1.807, 2.05) is 12.1 Å². The van der Waals surface area contributed by atoms with Gasteiger partial charge in [-0.05, 0) is 54.6 Å². The molecule has 0 bridgehead atoms. The minimum Gasteiger partial charge on any atom is -0.454 e. The molecule has 0 spiro atoms. The Morgan fingerprint density at radius 2 is 1.82 bits per heavy atom. The number of benzene rings is 3. The summed E-state index contributed by atoms with van der Waals surface area (Å²) in [7, 11) is 0. The fourth-order valence-electron chi connectivity index (χ4n) is 2.72. The number of fused-ring (bicyclic) bond motifs is 2. The van der Waals surface area contributed by atoms with Gasteiger partial charge in [0.2, 0.25) is 5.91 Å². The van der Waals surface area contributed by atoms with Crippen molar-refractivity contribution in [1.29, 1.82) is 0 Å². The molecule has 7 heteroatoms. The standard InChI is InChI=1S/C21H15FN2O3S/c22-13-5-8-15(9-6-13)28-12-20(25)23-14-7-10-18-16(11-14)21(26)24-17-3-1-2-4-19(17)27-18/h1-11H,12H2,(H,23,25)(H,24,26). The van der Waals surface area contributed by atoms with Crippen LogP contribution in [0.3, 0.4) is 0 Å². The summed E-state index contributed by atoms with van der Waals surface area (Å²) in [6.45, 7) is 0. The Morgan fingerprint density at radius 3 is 2.64 bits per heavy atom. The molecule has 2 N–H and O–H groups in total. The van der Waals surface area contributed by atoms with Gasteiger partial charge in [0, 0.05) is 10.6 Å². The Bertz CT molecular complexity index is 1050. The Balaban J connectivity index is 1.45. The van der Waals surface area contributed by atoms with Gasteiger partial charge in [0.1, 0.15) is 11.6 Å². The van der Waals surface area contributed by atoms with Crippen LogP contribution in [0.2, 0.25) is 0 Å². The molecule has 0 unspecified atom stereocenters. The Kier molecular flexibility index (Phi) is 4.99. The molecule has 0 aliphatic carbocycles. The van der Waals surface area contributed by atoms with Crippen molar-refractivity contribution in [1.82, 2.24) is 0 Å². The second kappa shape index (κ2) is 7.74. The first kappa shape index (κ1) is 18.1. The summed E-state index contributed by atoms with van der Waals surface area (Å²) < 4.78 is 18.7. The third-order valence-electron chi connectivity index (χ3n) is 4.05. The second-order valence-corrected chi connectivity index (χ2v) is 7.10. The number of para-hydroxylation sites is 2. The van der Waals surface area contributed by atoms with Crippen LogP contribution in [0.15, 0.2) is 71.6 Å². The van der Waals surface area contributed by atoms with Crippen LogP contribution in [0.5, 0.6) is 11.5 Å². The lowest BCUT2D eigenvalue weighted by molar-refractivity contribution is -0.113. The highest BCUT2D eigenvalue weighted by Gasteiger charge is 2.21. The molecular weight excluding hydrogens is 379 g/mol. The normalized spacial score (nSPS) is 12.1. The van der Waals surface area contributed by atoms with Gasteiger partial charge in [-0.1, -0.05) is 12.1 Å². The van der Waals surface area contributed by atoms with Gasteiger partial charge in [0.05, 0.1) is 17.0 Å². The third kappa shape index (κ3) is 3.99. The van der Waals surface area contributed by atoms with Crippen LogP contribution in [0.1, 0.15) is 10.4 Å². The predicted molar refractivity (Wildman–Crippen MR) is 107 cm³/mol. The number of thioether (sulfide) groups is 1. The van der Waals surface area contributed by atoms with Crippen LogP contribution in [0.25, 0.3) is 0 Å². The number of halogens is 1. The lowest BCUT2D eigenvalue weighted by Gasteiger charge is -2.10. The van der Waals surface area contributed by atoms with Gasteiger partial charge in [-0.25, -0.2) is 4.39 Å². The molecule has 0 atom stereocenters. The van der Waals surface area contributed by atoms with E-state index in [1.54, 1.807) is 42.5 Å². The number of ether oxygens (including phenoxy) is 1. The summed E-state index contributed by atoms with van der Waals surface area (Å²) in [6, 6.07) is 18.0. The van der Waals surface area contributed by atoms with Crippen molar-refractivity contribution in [3.05, 3.63) is 78.1 Å². The Labute approximate surface area is 164 Å². The number of amides is 2. The number of hydrogen-bond donors (Lipinski definition) is 2. The molecular formula is C21H15FN2O3S. The van der Waals surface area contributed by atoms with Crippen LogP contribution < -0.4 is 15.4 Å². The van der Waals surface area contributed by atoms with Gasteiger partial charge in [0.25, 0.3) is 5.91 Å². The van der Waals surface area contributed by atoms with E-state index < -0.39 is 0 Å². The first-order chi connectivity index (χ1) is 13.6. The van der Waals surface area contributed by atoms with Crippen molar-refractivity contribution in [2.24, 2.45) is 0 Å². The molecule has 5 nitrogen and oxygen atoms in total. The molecule has 0 radical (unpaired) electrons. The number of nitrogens with one attached hydrogen (secondary N) is 2. The summed E-state index contributed by atoms with van der Waals surface area (Å²) in [6.07, 6.45) is 0. The van der Waals surface area contributed by atoms with Crippen molar-refractivity contribution in [3.63, 3.8) is 0 Å². The Hall–Kier alpha value is -3.32. The summed E-state index contributed by atoms with van der Waals surface area (Å²) in [5.74, 6) is 0.283. The smallest absolute Gasteiger partial charge is 0.259 e. The van der Waals surface area contributed by atoms with E-state index in [1.165, 1.54) is 23.9 Å². The van der Waals surface area contributed by atoms with Crippen LogP contribution in [-0.2, 0) is 4.79 Å². The van der Waals surface area contributed by atoms with E-state index in [4.69, 9.17) is 4.74 Å². The van der Waals surface area contributed by atoms with Gasteiger partial charge in [0.15, 0.2) is 5.75 Å². The zero-order valence-electron chi connectivity index (χ0n) is 14.6. The molecule has 0 fully saturated rings. The third-order valence-corrected chi connectivity index (χ3v) is 5.06. The van der Waals surface area contributed by atoms with Crippen molar-refractivity contribution >= 4 is 35.0 Å². The largest absolute Gasteiger partial charge is 0.454 e. The molecule has 0 saturated heterocycles. The SMILES string of the molecule is O=C(CSc1ccc(F)cc1)Nc1ccc2c(c1)C(=O)Nc1ccccc1O2. The highest BCUT2D eigenvalue weighted by atomic mass is 32.2. The predicted octanol–water partition coefficient (Wildman–Crippen LogP) is 4.91. The molecule has 28 heavy (non-hydrogen) atoms. The maximum absolute atomic E-state index is 12.9. The van der Waals surface area contributed by atoms with E-state index in [-0.39, 0.29) is 23.4 Å². The van der Waals surface area contributed by atoms with Gasteiger partial charge in [-0.3, -0.25) is 9.59 Å². The zero-order chi connectivity index (χ0) is 19.5. The molecule has 1 aliphatic rings. The van der Waals surface area contributed by atoms with Gasteiger partial charge in [-0.15, -0.1) is 11.8 Å². The van der Waals surface area contributed by atoms with Gasteiger partial charge >= 0.3 is 0 Å². The maximum atomic E-state index is 12.9. The average Bonchev–Trinajstić information content (AvgIpc) is 2.83. The highest BCUT2D eigenvalue weighted by Crippen LogP contribution is 2.36. The molecule has 1 aliphatic heterocycles. The first-order valence-corrected chi connectivity index (χ1v) is 9.47. The summed E-state index contributed by atoms with van der Waals surface area (Å²) >= 11 is 1.30. The van der Waals surface area contributed by atoms with E-state index in [0.717, 1.165) is 4.90 Å². The number of carbonyl (C=O) groups excluding carboxylic acids is 2.